The van der Waals surface area contributed by atoms with Crippen LogP contribution < -0.4 is 10.5 Å². The van der Waals surface area contributed by atoms with Crippen molar-refractivity contribution in [3.05, 3.63) is 23.8 Å². The van der Waals surface area contributed by atoms with Gasteiger partial charge in [0.15, 0.2) is 0 Å². The predicted molar refractivity (Wildman–Crippen MR) is 108 cm³/mol. The van der Waals surface area contributed by atoms with Crippen LogP contribution in [0.4, 0.5) is 0 Å². The molecule has 0 atom stereocenters. The van der Waals surface area contributed by atoms with E-state index in [4.69, 9.17) is 15.2 Å². The van der Waals surface area contributed by atoms with Crippen molar-refractivity contribution in [1.29, 1.82) is 0 Å². The summed E-state index contributed by atoms with van der Waals surface area (Å²) in [6, 6.07) is 4.98. The zero-order valence-electron chi connectivity index (χ0n) is 17.3. The van der Waals surface area contributed by atoms with Gasteiger partial charge in [-0.15, -0.1) is 0 Å². The Bertz CT molecular complexity index is 629. The molecule has 3 N–H and O–H groups in total. The molecule has 8 heteroatoms. The highest BCUT2D eigenvalue weighted by molar-refractivity contribution is 5.87. The van der Waals surface area contributed by atoms with Crippen LogP contribution in [0.5, 0.6) is 11.5 Å². The summed E-state index contributed by atoms with van der Waals surface area (Å²) in [5, 5.41) is 9.68. The fourth-order valence-electron chi connectivity index (χ4n) is 1.69. The van der Waals surface area contributed by atoms with Crippen LogP contribution in [0.15, 0.2) is 23.2 Å². The van der Waals surface area contributed by atoms with Gasteiger partial charge in [-0.05, 0) is 12.1 Å². The maximum Gasteiger partial charge on any atom is 0.308 e. The first-order chi connectivity index (χ1) is 13.2. The first-order valence-electron chi connectivity index (χ1n) is 9.13. The van der Waals surface area contributed by atoms with Crippen molar-refractivity contribution in [2.75, 3.05) is 33.4 Å². The van der Waals surface area contributed by atoms with Crippen LogP contribution in [0.25, 0.3) is 0 Å². The van der Waals surface area contributed by atoms with Crippen molar-refractivity contribution < 1.29 is 28.9 Å². The number of aliphatic imine (C=N–C) groups is 1. The number of rotatable bonds is 9. The number of hydrogen-bond donors (Lipinski definition) is 2. The summed E-state index contributed by atoms with van der Waals surface area (Å²) < 4.78 is 14.8. The van der Waals surface area contributed by atoms with Crippen molar-refractivity contribution in [1.82, 2.24) is 0 Å². The van der Waals surface area contributed by atoms with Crippen molar-refractivity contribution in [3.63, 3.8) is 0 Å². The summed E-state index contributed by atoms with van der Waals surface area (Å²) in [4.78, 5) is 25.9. The van der Waals surface area contributed by atoms with E-state index >= 15 is 0 Å². The maximum absolute atomic E-state index is 11.2. The average Bonchev–Trinajstić information content (AvgIpc) is 2.66. The van der Waals surface area contributed by atoms with E-state index in [1.807, 2.05) is 0 Å². The van der Waals surface area contributed by atoms with Gasteiger partial charge in [-0.1, -0.05) is 33.8 Å². The minimum atomic E-state index is -0.240. The molecule has 1 aromatic carbocycles. The Morgan fingerprint density at radius 1 is 1.11 bits per heavy atom. The Morgan fingerprint density at radius 2 is 1.68 bits per heavy atom. The van der Waals surface area contributed by atoms with Gasteiger partial charge >= 0.3 is 11.9 Å². The van der Waals surface area contributed by atoms with E-state index in [0.717, 1.165) is 0 Å². The summed E-state index contributed by atoms with van der Waals surface area (Å²) in [5.41, 5.74) is 5.61. The monoisotopic (exact) mass is 396 g/mol. The van der Waals surface area contributed by atoms with Gasteiger partial charge < -0.3 is 25.1 Å². The zero-order chi connectivity index (χ0) is 21.5. The fourth-order valence-corrected chi connectivity index (χ4v) is 1.69. The van der Waals surface area contributed by atoms with E-state index in [9.17, 15) is 14.7 Å². The van der Waals surface area contributed by atoms with Crippen molar-refractivity contribution in [2.24, 2.45) is 22.6 Å². The third kappa shape index (κ3) is 10.5. The Kier molecular flexibility index (Phi) is 13.1. The standard InChI is InChI=1S/C14H19NO4.C6H13NO2/c1-10(2)14(17)19-8-7-15-9-11-12(16)5-4-6-13(11)18-3;1-5(2)6(8)9-4-3-7/h4-6,9-10,16H,7-8H2,1-3H3;5H,3-4,7H2,1-2H3. The van der Waals surface area contributed by atoms with Crippen LogP contribution >= 0.6 is 0 Å². The molecule has 0 aromatic heterocycles. The number of benzene rings is 1. The van der Waals surface area contributed by atoms with E-state index in [1.165, 1.54) is 13.3 Å². The summed E-state index contributed by atoms with van der Waals surface area (Å²) >= 11 is 0. The number of phenols is 1. The molecule has 0 saturated carbocycles. The number of ether oxygens (including phenoxy) is 3. The number of carbonyl (C=O) groups excluding carboxylic acids is 2. The Hall–Kier alpha value is -2.61. The number of carbonyl (C=O) groups is 2. The molecule has 158 valence electrons. The van der Waals surface area contributed by atoms with Crippen molar-refractivity contribution in [2.45, 2.75) is 27.7 Å². The summed E-state index contributed by atoms with van der Waals surface area (Å²) in [6.45, 7) is 8.43. The van der Waals surface area contributed by atoms with Crippen molar-refractivity contribution in [3.8, 4) is 11.5 Å². The second kappa shape index (κ2) is 14.4. The van der Waals surface area contributed by atoms with E-state index in [2.05, 4.69) is 9.73 Å². The second-order valence-electron chi connectivity index (χ2n) is 6.36. The molecule has 0 saturated heterocycles. The lowest BCUT2D eigenvalue weighted by Crippen LogP contribution is -2.17. The van der Waals surface area contributed by atoms with Crippen molar-refractivity contribution >= 4 is 18.2 Å². The van der Waals surface area contributed by atoms with Gasteiger partial charge in [0.1, 0.15) is 24.7 Å². The predicted octanol–water partition coefficient (Wildman–Crippen LogP) is 2.16. The van der Waals surface area contributed by atoms with E-state index in [1.54, 1.807) is 45.9 Å². The molecule has 0 aliphatic rings. The number of methoxy groups -OCH3 is 1. The van der Waals surface area contributed by atoms with E-state index in [-0.39, 0.29) is 36.1 Å². The Labute approximate surface area is 166 Å². The second-order valence-corrected chi connectivity index (χ2v) is 6.36. The SMILES string of the molecule is CC(C)C(=O)OCCN.COc1cccc(O)c1C=NCCOC(=O)C(C)C. The van der Waals surface area contributed by atoms with Gasteiger partial charge in [0.25, 0.3) is 0 Å². The molecule has 28 heavy (non-hydrogen) atoms. The van der Waals surface area contributed by atoms with E-state index < -0.39 is 0 Å². The molecule has 0 aliphatic carbocycles. The molecule has 8 nitrogen and oxygen atoms in total. The molecular formula is C20H32N2O6. The quantitative estimate of drug-likeness (QED) is 0.373. The first-order valence-corrected chi connectivity index (χ1v) is 9.13. The molecule has 0 amide bonds. The lowest BCUT2D eigenvalue weighted by atomic mass is 10.2. The highest BCUT2D eigenvalue weighted by Crippen LogP contribution is 2.24. The number of phenolic OH excluding ortho intramolecular Hbond substituents is 1. The molecule has 1 aromatic rings. The summed E-state index contributed by atoms with van der Waals surface area (Å²) in [6.07, 6.45) is 1.51. The van der Waals surface area contributed by atoms with Gasteiger partial charge in [0.05, 0.1) is 31.1 Å². The van der Waals surface area contributed by atoms with Crippen LogP contribution in [-0.4, -0.2) is 56.7 Å². The van der Waals surface area contributed by atoms with Gasteiger partial charge in [-0.25, -0.2) is 0 Å². The maximum atomic E-state index is 11.2. The number of hydrogen-bond acceptors (Lipinski definition) is 8. The van der Waals surface area contributed by atoms with Gasteiger partial charge in [-0.3, -0.25) is 14.6 Å². The molecular weight excluding hydrogens is 364 g/mol. The first kappa shape index (κ1) is 25.4. The third-order valence-corrected chi connectivity index (χ3v) is 3.25. The fraction of sp³-hybridized carbons (Fsp3) is 0.550. The summed E-state index contributed by atoms with van der Waals surface area (Å²) in [5.74, 6) is 0.0415. The highest BCUT2D eigenvalue weighted by atomic mass is 16.5. The third-order valence-electron chi connectivity index (χ3n) is 3.25. The van der Waals surface area contributed by atoms with Crippen LogP contribution in [0.2, 0.25) is 0 Å². The van der Waals surface area contributed by atoms with Crippen LogP contribution in [0.1, 0.15) is 33.3 Å². The van der Waals surface area contributed by atoms with Gasteiger partial charge in [0, 0.05) is 12.8 Å². The summed E-state index contributed by atoms with van der Waals surface area (Å²) in [7, 11) is 1.52. The number of esters is 2. The molecule has 0 heterocycles. The molecule has 0 aliphatic heterocycles. The van der Waals surface area contributed by atoms with E-state index in [0.29, 0.717) is 31.0 Å². The lowest BCUT2D eigenvalue weighted by molar-refractivity contribution is -0.147. The van der Waals surface area contributed by atoms with Crippen LogP contribution in [-0.2, 0) is 19.1 Å². The number of nitrogens with zero attached hydrogens (tertiary/aromatic N) is 1. The molecule has 0 radical (unpaired) electrons. The largest absolute Gasteiger partial charge is 0.507 e. The normalized spacial score (nSPS) is 10.6. The Morgan fingerprint density at radius 3 is 2.18 bits per heavy atom. The minimum Gasteiger partial charge on any atom is -0.507 e. The molecule has 0 bridgehead atoms. The minimum absolute atomic E-state index is 0.0449. The Balaban J connectivity index is 0.000000684. The van der Waals surface area contributed by atoms with Crippen LogP contribution in [0, 0.1) is 11.8 Å². The smallest absolute Gasteiger partial charge is 0.308 e. The number of aromatic hydroxyl groups is 1. The topological polar surface area (TPSA) is 120 Å². The molecule has 0 unspecified atom stereocenters. The zero-order valence-corrected chi connectivity index (χ0v) is 17.3. The van der Waals surface area contributed by atoms with Crippen LogP contribution in [0.3, 0.4) is 0 Å². The molecule has 0 fully saturated rings. The van der Waals surface area contributed by atoms with Gasteiger partial charge in [-0.2, -0.15) is 0 Å². The highest BCUT2D eigenvalue weighted by Gasteiger charge is 2.08. The molecule has 0 spiro atoms. The average molecular weight is 396 g/mol. The van der Waals surface area contributed by atoms with Gasteiger partial charge in [0.2, 0.25) is 0 Å². The number of nitrogens with two attached hydrogens (primary N) is 1. The lowest BCUT2D eigenvalue weighted by Gasteiger charge is -2.06. The molecule has 1 rings (SSSR count).